The fourth-order valence-corrected chi connectivity index (χ4v) is 4.96. The molecule has 3 heterocycles. The molecule has 2 atom stereocenters. The van der Waals surface area contributed by atoms with Crippen molar-refractivity contribution in [1.82, 2.24) is 15.3 Å². The number of aryl methyl sites for hydroxylation is 1. The first-order valence-electron chi connectivity index (χ1n) is 7.93. The van der Waals surface area contributed by atoms with Gasteiger partial charge in [-0.05, 0) is 37.2 Å². The second-order valence-electron chi connectivity index (χ2n) is 6.55. The van der Waals surface area contributed by atoms with Gasteiger partial charge in [0, 0.05) is 23.8 Å². The molecule has 4 rings (SSSR count). The maximum atomic E-state index is 12.5. The van der Waals surface area contributed by atoms with E-state index in [0.717, 1.165) is 35.9 Å². The number of nitrogens with one attached hydrogen (secondary N) is 2. The number of H-pyrrole nitrogens is 1. The molecule has 1 saturated heterocycles. The minimum Gasteiger partial charge on any atom is -0.353 e. The van der Waals surface area contributed by atoms with Gasteiger partial charge in [-0.2, -0.15) is 0 Å². The molecular formula is C16H19N3O2S. The molecular weight excluding hydrogens is 298 g/mol. The van der Waals surface area contributed by atoms with E-state index in [1.165, 1.54) is 10.4 Å². The van der Waals surface area contributed by atoms with Crippen LogP contribution in [0, 0.1) is 5.92 Å². The van der Waals surface area contributed by atoms with Crippen LogP contribution in [0.1, 0.15) is 42.5 Å². The van der Waals surface area contributed by atoms with E-state index in [1.807, 2.05) is 0 Å². The van der Waals surface area contributed by atoms with Crippen LogP contribution in [0.4, 0.5) is 0 Å². The summed E-state index contributed by atoms with van der Waals surface area (Å²) in [5, 5.41) is 3.72. The molecule has 1 amide bonds. The van der Waals surface area contributed by atoms with Crippen LogP contribution in [0.3, 0.4) is 0 Å². The molecule has 1 aliphatic carbocycles. The number of rotatable bonds is 2. The average Bonchev–Trinajstić information content (AvgIpc) is 3.01. The van der Waals surface area contributed by atoms with Crippen LogP contribution in [0.2, 0.25) is 0 Å². The summed E-state index contributed by atoms with van der Waals surface area (Å²) in [4.78, 5) is 33.6. The predicted molar refractivity (Wildman–Crippen MR) is 86.3 cm³/mol. The van der Waals surface area contributed by atoms with E-state index in [1.54, 1.807) is 11.3 Å². The number of aromatic nitrogens is 2. The zero-order valence-corrected chi connectivity index (χ0v) is 13.4. The van der Waals surface area contributed by atoms with Crippen molar-refractivity contribution in [3.63, 3.8) is 0 Å². The molecule has 0 bridgehead atoms. The molecule has 2 aliphatic rings. The van der Waals surface area contributed by atoms with Gasteiger partial charge in [0.15, 0.2) is 0 Å². The van der Waals surface area contributed by atoms with Crippen molar-refractivity contribution in [2.24, 2.45) is 5.92 Å². The van der Waals surface area contributed by atoms with Crippen molar-refractivity contribution in [2.75, 3.05) is 0 Å². The molecule has 2 N–H and O–H groups in total. The summed E-state index contributed by atoms with van der Waals surface area (Å²) >= 11 is 1.67. The van der Waals surface area contributed by atoms with Gasteiger partial charge in [-0.1, -0.05) is 6.92 Å². The molecule has 2 aromatic heterocycles. The van der Waals surface area contributed by atoms with Gasteiger partial charge in [0.05, 0.1) is 5.39 Å². The lowest BCUT2D eigenvalue weighted by Crippen LogP contribution is -2.28. The first kappa shape index (κ1) is 13.9. The molecule has 5 nitrogen and oxygen atoms in total. The first-order valence-corrected chi connectivity index (χ1v) is 8.74. The Kier molecular flexibility index (Phi) is 3.29. The second kappa shape index (κ2) is 5.19. The van der Waals surface area contributed by atoms with Crippen molar-refractivity contribution < 1.29 is 4.79 Å². The molecule has 1 fully saturated rings. The van der Waals surface area contributed by atoms with Crippen LogP contribution >= 0.6 is 11.3 Å². The fraction of sp³-hybridized carbons (Fsp3) is 0.562. The van der Waals surface area contributed by atoms with Crippen molar-refractivity contribution >= 4 is 27.5 Å². The number of hydrogen-bond acceptors (Lipinski definition) is 4. The number of thiophene rings is 1. The minimum atomic E-state index is -0.0172. The highest BCUT2D eigenvalue weighted by molar-refractivity contribution is 7.18. The Morgan fingerprint density at radius 3 is 2.91 bits per heavy atom. The number of carbonyl (C=O) groups excluding carboxylic acids is 1. The van der Waals surface area contributed by atoms with Crippen LogP contribution in [0.15, 0.2) is 4.79 Å². The maximum Gasteiger partial charge on any atom is 0.259 e. The first-order chi connectivity index (χ1) is 10.6. The van der Waals surface area contributed by atoms with Crippen molar-refractivity contribution in [3.8, 4) is 0 Å². The lowest BCUT2D eigenvalue weighted by atomic mass is 9.89. The molecule has 22 heavy (non-hydrogen) atoms. The quantitative estimate of drug-likeness (QED) is 0.889. The molecule has 0 spiro atoms. The molecule has 1 aliphatic heterocycles. The Morgan fingerprint density at radius 2 is 2.14 bits per heavy atom. The topological polar surface area (TPSA) is 74.8 Å². The summed E-state index contributed by atoms with van der Waals surface area (Å²) in [6.07, 6.45) is 5.19. The summed E-state index contributed by atoms with van der Waals surface area (Å²) in [5.41, 5.74) is 1.20. The van der Waals surface area contributed by atoms with Crippen LogP contribution in [-0.2, 0) is 24.1 Å². The van der Waals surface area contributed by atoms with E-state index in [9.17, 15) is 9.59 Å². The molecule has 0 radical (unpaired) electrons. The van der Waals surface area contributed by atoms with Crippen LogP contribution in [0.25, 0.3) is 10.2 Å². The van der Waals surface area contributed by atoms with Gasteiger partial charge in [0.2, 0.25) is 5.91 Å². The predicted octanol–water partition coefficient (Wildman–Crippen LogP) is 1.93. The highest BCUT2D eigenvalue weighted by Crippen LogP contribution is 2.35. The number of hydrogen-bond donors (Lipinski definition) is 2. The number of carbonyl (C=O) groups is 1. The molecule has 0 aromatic carbocycles. The van der Waals surface area contributed by atoms with Gasteiger partial charge < -0.3 is 10.3 Å². The maximum absolute atomic E-state index is 12.5. The SMILES string of the molecule is CC1CCc2c(sc3nc(CC4CCC(=O)N4)[nH]c(=O)c23)C1. The smallest absolute Gasteiger partial charge is 0.259 e. The molecule has 0 saturated carbocycles. The number of aromatic amines is 1. The molecule has 6 heteroatoms. The summed E-state index contributed by atoms with van der Waals surface area (Å²) in [7, 11) is 0. The van der Waals surface area contributed by atoms with Crippen molar-refractivity contribution in [1.29, 1.82) is 0 Å². The zero-order valence-electron chi connectivity index (χ0n) is 12.6. The van der Waals surface area contributed by atoms with Crippen molar-refractivity contribution in [2.45, 2.75) is 51.5 Å². The Bertz CT molecular complexity index is 808. The summed E-state index contributed by atoms with van der Waals surface area (Å²) < 4.78 is 0. The van der Waals surface area contributed by atoms with Gasteiger partial charge in [-0.15, -0.1) is 11.3 Å². The normalized spacial score (nSPS) is 24.5. The van der Waals surface area contributed by atoms with E-state index in [4.69, 9.17) is 0 Å². The lowest BCUT2D eigenvalue weighted by molar-refractivity contribution is -0.119. The summed E-state index contributed by atoms with van der Waals surface area (Å²) in [6.45, 7) is 2.26. The van der Waals surface area contributed by atoms with E-state index in [-0.39, 0.29) is 17.5 Å². The molecule has 2 unspecified atom stereocenters. The lowest BCUT2D eigenvalue weighted by Gasteiger charge is -2.17. The van der Waals surface area contributed by atoms with E-state index >= 15 is 0 Å². The summed E-state index contributed by atoms with van der Waals surface area (Å²) in [5.74, 6) is 1.47. The Morgan fingerprint density at radius 1 is 1.27 bits per heavy atom. The highest BCUT2D eigenvalue weighted by atomic mass is 32.1. The number of nitrogens with zero attached hydrogens (tertiary/aromatic N) is 1. The third-order valence-corrected chi connectivity index (χ3v) is 5.89. The van der Waals surface area contributed by atoms with Crippen LogP contribution in [0.5, 0.6) is 0 Å². The largest absolute Gasteiger partial charge is 0.353 e. The van der Waals surface area contributed by atoms with E-state index < -0.39 is 0 Å². The monoisotopic (exact) mass is 317 g/mol. The van der Waals surface area contributed by atoms with Gasteiger partial charge in [0.25, 0.3) is 5.56 Å². The van der Waals surface area contributed by atoms with Crippen LogP contribution < -0.4 is 10.9 Å². The van der Waals surface area contributed by atoms with E-state index in [2.05, 4.69) is 22.2 Å². The van der Waals surface area contributed by atoms with Gasteiger partial charge in [-0.3, -0.25) is 9.59 Å². The standard InChI is InChI=1S/C16H19N3O2S/c1-8-2-4-10-11(6-8)22-16-14(10)15(21)18-12(19-16)7-9-3-5-13(20)17-9/h8-9H,2-7H2,1H3,(H,17,20)(H,18,19,21). The zero-order chi connectivity index (χ0) is 15.3. The number of fused-ring (bicyclic) bond motifs is 3. The highest BCUT2D eigenvalue weighted by Gasteiger charge is 2.25. The average molecular weight is 317 g/mol. The van der Waals surface area contributed by atoms with Crippen molar-refractivity contribution in [3.05, 3.63) is 26.6 Å². The second-order valence-corrected chi connectivity index (χ2v) is 7.64. The minimum absolute atomic E-state index is 0.0172. The summed E-state index contributed by atoms with van der Waals surface area (Å²) in [6, 6.07) is 0.0997. The number of amides is 1. The fourth-order valence-electron chi connectivity index (χ4n) is 3.55. The molecule has 2 aromatic rings. The van der Waals surface area contributed by atoms with Gasteiger partial charge >= 0.3 is 0 Å². The third kappa shape index (κ3) is 2.35. The Labute approximate surface area is 132 Å². The Balaban J connectivity index is 1.71. The third-order valence-electron chi connectivity index (χ3n) is 4.74. The molecule has 116 valence electrons. The van der Waals surface area contributed by atoms with Crippen LogP contribution in [-0.4, -0.2) is 21.9 Å². The van der Waals surface area contributed by atoms with Gasteiger partial charge in [0.1, 0.15) is 10.7 Å². The van der Waals surface area contributed by atoms with E-state index in [0.29, 0.717) is 24.6 Å². The van der Waals surface area contributed by atoms with Gasteiger partial charge in [-0.25, -0.2) is 4.98 Å². The Hall–Kier alpha value is -1.69.